The zero-order valence-corrected chi connectivity index (χ0v) is 9.90. The Morgan fingerprint density at radius 3 is 1.71 bits per heavy atom. The SMILES string of the molecule is Oc1c(F)c(F)c(-c2ccccc2C(F)(F)F)c(F)c1F. The van der Waals surface area contributed by atoms with Crippen molar-refractivity contribution in [3.05, 3.63) is 53.1 Å². The number of halogens is 7. The van der Waals surface area contributed by atoms with Gasteiger partial charge in [-0.3, -0.25) is 0 Å². The first-order valence-electron chi connectivity index (χ1n) is 5.37. The molecule has 0 aromatic heterocycles. The molecule has 1 N–H and O–H groups in total. The largest absolute Gasteiger partial charge is 0.503 e. The molecule has 0 radical (unpaired) electrons. The third kappa shape index (κ3) is 2.41. The molecule has 0 bridgehead atoms. The average molecular weight is 310 g/mol. The van der Waals surface area contributed by atoms with E-state index in [9.17, 15) is 30.7 Å². The minimum absolute atomic E-state index is 0.511. The Kier molecular flexibility index (Phi) is 3.56. The van der Waals surface area contributed by atoms with Crippen LogP contribution in [0.5, 0.6) is 5.75 Å². The van der Waals surface area contributed by atoms with Crippen LogP contribution in [0.2, 0.25) is 0 Å². The van der Waals surface area contributed by atoms with Crippen LogP contribution in [-0.4, -0.2) is 5.11 Å². The molecule has 0 fully saturated rings. The van der Waals surface area contributed by atoms with Crippen molar-refractivity contribution in [2.24, 2.45) is 0 Å². The average Bonchev–Trinajstić information content (AvgIpc) is 2.43. The highest BCUT2D eigenvalue weighted by Crippen LogP contribution is 2.41. The number of phenols is 1. The molecule has 0 unspecified atom stereocenters. The minimum Gasteiger partial charge on any atom is -0.503 e. The van der Waals surface area contributed by atoms with Crippen molar-refractivity contribution in [2.75, 3.05) is 0 Å². The van der Waals surface area contributed by atoms with Crippen LogP contribution in [0.4, 0.5) is 30.7 Å². The van der Waals surface area contributed by atoms with E-state index in [0.717, 1.165) is 12.1 Å². The smallest absolute Gasteiger partial charge is 0.417 e. The van der Waals surface area contributed by atoms with Crippen LogP contribution >= 0.6 is 0 Å². The van der Waals surface area contributed by atoms with Gasteiger partial charge >= 0.3 is 6.18 Å². The van der Waals surface area contributed by atoms with Gasteiger partial charge in [-0.1, -0.05) is 18.2 Å². The van der Waals surface area contributed by atoms with Gasteiger partial charge < -0.3 is 5.11 Å². The summed E-state index contributed by atoms with van der Waals surface area (Å²) in [6.07, 6.45) is -4.99. The van der Waals surface area contributed by atoms with Crippen molar-refractivity contribution < 1.29 is 35.8 Å². The van der Waals surface area contributed by atoms with Gasteiger partial charge in [-0.2, -0.15) is 22.0 Å². The summed E-state index contributed by atoms with van der Waals surface area (Å²) in [6, 6.07) is 3.15. The molecule has 21 heavy (non-hydrogen) atoms. The van der Waals surface area contributed by atoms with Crippen molar-refractivity contribution in [1.29, 1.82) is 0 Å². The highest BCUT2D eigenvalue weighted by atomic mass is 19.4. The van der Waals surface area contributed by atoms with Crippen LogP contribution in [0.1, 0.15) is 5.56 Å². The van der Waals surface area contributed by atoms with E-state index in [2.05, 4.69) is 0 Å². The van der Waals surface area contributed by atoms with Gasteiger partial charge in [0.25, 0.3) is 0 Å². The van der Waals surface area contributed by atoms with Crippen molar-refractivity contribution in [2.45, 2.75) is 6.18 Å². The van der Waals surface area contributed by atoms with E-state index in [1.807, 2.05) is 0 Å². The van der Waals surface area contributed by atoms with Crippen molar-refractivity contribution in [3.63, 3.8) is 0 Å². The molecule has 2 aromatic rings. The number of benzene rings is 2. The van der Waals surface area contributed by atoms with E-state index < -0.39 is 51.9 Å². The Morgan fingerprint density at radius 2 is 1.24 bits per heavy atom. The van der Waals surface area contributed by atoms with E-state index >= 15 is 0 Å². The van der Waals surface area contributed by atoms with Crippen LogP contribution < -0.4 is 0 Å². The summed E-state index contributed by atoms with van der Waals surface area (Å²) in [7, 11) is 0. The summed E-state index contributed by atoms with van der Waals surface area (Å²) in [4.78, 5) is 0. The normalized spacial score (nSPS) is 11.8. The zero-order chi connectivity index (χ0) is 15.9. The molecule has 0 atom stereocenters. The molecule has 0 saturated heterocycles. The van der Waals surface area contributed by atoms with E-state index in [1.54, 1.807) is 0 Å². The van der Waals surface area contributed by atoms with Crippen molar-refractivity contribution >= 4 is 0 Å². The fourth-order valence-electron chi connectivity index (χ4n) is 1.80. The van der Waals surface area contributed by atoms with Crippen molar-refractivity contribution in [3.8, 4) is 16.9 Å². The molecule has 0 spiro atoms. The molecular weight excluding hydrogens is 305 g/mol. The van der Waals surface area contributed by atoms with Crippen LogP contribution in [-0.2, 0) is 6.18 Å². The molecular formula is C13H5F7O. The minimum atomic E-state index is -4.99. The summed E-state index contributed by atoms with van der Waals surface area (Å²) in [6.45, 7) is 0. The number of phenolic OH excluding ortho intramolecular Hbond substituents is 1. The lowest BCUT2D eigenvalue weighted by atomic mass is 9.97. The van der Waals surface area contributed by atoms with Crippen LogP contribution in [0.3, 0.4) is 0 Å². The molecule has 8 heteroatoms. The molecule has 2 aromatic carbocycles. The van der Waals surface area contributed by atoms with Crippen LogP contribution in [0.15, 0.2) is 24.3 Å². The van der Waals surface area contributed by atoms with Gasteiger partial charge in [-0.15, -0.1) is 0 Å². The quantitative estimate of drug-likeness (QED) is 0.601. The monoisotopic (exact) mass is 310 g/mol. The number of hydrogen-bond donors (Lipinski definition) is 1. The fourth-order valence-corrected chi connectivity index (χ4v) is 1.80. The number of alkyl halides is 3. The highest BCUT2D eigenvalue weighted by molar-refractivity contribution is 5.70. The molecule has 0 aliphatic rings. The first-order valence-corrected chi connectivity index (χ1v) is 5.37. The Balaban J connectivity index is 2.87. The lowest BCUT2D eigenvalue weighted by Gasteiger charge is -2.15. The molecule has 2 rings (SSSR count). The molecule has 112 valence electrons. The summed E-state index contributed by atoms with van der Waals surface area (Å²) in [5.41, 5.74) is -4.07. The molecule has 0 aliphatic carbocycles. The van der Waals surface area contributed by atoms with Crippen molar-refractivity contribution in [1.82, 2.24) is 0 Å². The topological polar surface area (TPSA) is 20.2 Å². The second kappa shape index (κ2) is 4.94. The Morgan fingerprint density at radius 1 is 0.762 bits per heavy atom. The lowest BCUT2D eigenvalue weighted by molar-refractivity contribution is -0.137. The van der Waals surface area contributed by atoms with Gasteiger partial charge in [0.2, 0.25) is 11.6 Å². The Labute approximate surface area is 113 Å². The van der Waals surface area contributed by atoms with Gasteiger partial charge in [-0.25, -0.2) is 8.78 Å². The number of rotatable bonds is 1. The number of hydrogen-bond acceptors (Lipinski definition) is 1. The van der Waals surface area contributed by atoms with E-state index in [0.29, 0.717) is 12.1 Å². The van der Waals surface area contributed by atoms with E-state index in [-0.39, 0.29) is 0 Å². The summed E-state index contributed by atoms with van der Waals surface area (Å²) in [5, 5.41) is 8.82. The second-order valence-electron chi connectivity index (χ2n) is 4.02. The van der Waals surface area contributed by atoms with Gasteiger partial charge in [-0.05, 0) is 11.6 Å². The van der Waals surface area contributed by atoms with Gasteiger partial charge in [0.1, 0.15) is 0 Å². The maximum atomic E-state index is 13.6. The maximum Gasteiger partial charge on any atom is 0.417 e. The third-order valence-corrected chi connectivity index (χ3v) is 2.74. The van der Waals surface area contributed by atoms with Gasteiger partial charge in [0.15, 0.2) is 17.4 Å². The molecule has 1 nitrogen and oxygen atoms in total. The number of aromatic hydroxyl groups is 1. The standard InChI is InChI=1S/C13H5F7O/c14-8-7(9(15)11(17)12(21)10(8)16)5-3-1-2-4-6(5)13(18,19)20/h1-4,21H. The molecule has 0 heterocycles. The third-order valence-electron chi connectivity index (χ3n) is 2.74. The molecule has 0 amide bonds. The van der Waals surface area contributed by atoms with Crippen LogP contribution in [0.25, 0.3) is 11.1 Å². The van der Waals surface area contributed by atoms with E-state index in [4.69, 9.17) is 5.11 Å². The summed E-state index contributed by atoms with van der Waals surface area (Å²) in [5.74, 6) is -10.5. The first kappa shape index (κ1) is 15.1. The predicted octanol–water partition coefficient (Wildman–Crippen LogP) is 4.63. The molecule has 0 saturated carbocycles. The molecule has 0 aliphatic heterocycles. The second-order valence-corrected chi connectivity index (χ2v) is 4.02. The lowest BCUT2D eigenvalue weighted by Crippen LogP contribution is -2.09. The first-order chi connectivity index (χ1) is 9.66. The maximum absolute atomic E-state index is 13.6. The van der Waals surface area contributed by atoms with Gasteiger partial charge in [0, 0.05) is 0 Å². The zero-order valence-electron chi connectivity index (χ0n) is 9.90. The summed E-state index contributed by atoms with van der Waals surface area (Å²) >= 11 is 0. The predicted molar refractivity (Wildman–Crippen MR) is 58.4 cm³/mol. The Hall–Kier alpha value is -2.25. The Bertz CT molecular complexity index is 677. The fraction of sp³-hybridized carbons (Fsp3) is 0.0769. The highest BCUT2D eigenvalue weighted by Gasteiger charge is 2.36. The van der Waals surface area contributed by atoms with E-state index in [1.165, 1.54) is 0 Å². The summed E-state index contributed by atoms with van der Waals surface area (Å²) < 4.78 is 92.2. The van der Waals surface area contributed by atoms with Gasteiger partial charge in [0.05, 0.1) is 11.1 Å². The van der Waals surface area contributed by atoms with Crippen LogP contribution in [0, 0.1) is 23.3 Å².